The number of nitrogens with zero attached hydrogens (tertiary/aromatic N) is 2. The third-order valence-corrected chi connectivity index (χ3v) is 3.63. The third-order valence-electron chi connectivity index (χ3n) is 3.63. The van der Waals surface area contributed by atoms with E-state index in [-0.39, 0.29) is 0 Å². The summed E-state index contributed by atoms with van der Waals surface area (Å²) in [6.45, 7) is 0. The zero-order chi connectivity index (χ0) is 15.5. The molecular formula is C14H13FN2O4. The van der Waals surface area contributed by atoms with Gasteiger partial charge in [0.2, 0.25) is 5.75 Å². The van der Waals surface area contributed by atoms with E-state index in [0.717, 1.165) is 24.6 Å². The standard InChI is InChI=1S/C14H13FN2O4/c15-10-4-5-11(17(19)20)12(8-10)21-13(18)14(9-16)6-2-1-3-7-14/h4-5,8H,1-3,6-7H2. The van der Waals surface area contributed by atoms with Crippen LogP contribution >= 0.6 is 0 Å². The summed E-state index contributed by atoms with van der Waals surface area (Å²) in [5, 5.41) is 20.1. The van der Waals surface area contributed by atoms with Crippen molar-refractivity contribution >= 4 is 11.7 Å². The summed E-state index contributed by atoms with van der Waals surface area (Å²) < 4.78 is 18.2. The molecule has 0 aliphatic heterocycles. The average Bonchev–Trinajstić information content (AvgIpc) is 2.47. The fraction of sp³-hybridized carbons (Fsp3) is 0.429. The Kier molecular flexibility index (Phi) is 4.17. The molecule has 6 nitrogen and oxygen atoms in total. The van der Waals surface area contributed by atoms with Gasteiger partial charge in [0.1, 0.15) is 5.82 Å². The van der Waals surface area contributed by atoms with E-state index < -0.39 is 33.6 Å². The van der Waals surface area contributed by atoms with E-state index in [1.165, 1.54) is 0 Å². The number of benzene rings is 1. The van der Waals surface area contributed by atoms with Gasteiger partial charge < -0.3 is 4.74 Å². The minimum atomic E-state index is -1.29. The maximum Gasteiger partial charge on any atom is 0.332 e. The van der Waals surface area contributed by atoms with Crippen LogP contribution < -0.4 is 4.74 Å². The van der Waals surface area contributed by atoms with Crippen LogP contribution in [0.25, 0.3) is 0 Å². The van der Waals surface area contributed by atoms with Crippen LogP contribution in [0.4, 0.5) is 10.1 Å². The lowest BCUT2D eigenvalue weighted by atomic mass is 9.75. The molecule has 21 heavy (non-hydrogen) atoms. The van der Waals surface area contributed by atoms with Crippen LogP contribution in [0.15, 0.2) is 18.2 Å². The lowest BCUT2D eigenvalue weighted by molar-refractivity contribution is -0.385. The van der Waals surface area contributed by atoms with Gasteiger partial charge in [-0.05, 0) is 18.9 Å². The van der Waals surface area contributed by atoms with Crippen molar-refractivity contribution in [2.24, 2.45) is 5.41 Å². The van der Waals surface area contributed by atoms with E-state index in [4.69, 9.17) is 4.74 Å². The molecule has 1 aromatic rings. The van der Waals surface area contributed by atoms with Crippen molar-refractivity contribution in [3.05, 3.63) is 34.1 Å². The predicted molar refractivity (Wildman–Crippen MR) is 69.8 cm³/mol. The normalized spacial score (nSPS) is 16.8. The molecule has 110 valence electrons. The van der Waals surface area contributed by atoms with Gasteiger partial charge in [0, 0.05) is 12.1 Å². The second-order valence-corrected chi connectivity index (χ2v) is 5.01. The highest BCUT2D eigenvalue weighted by Crippen LogP contribution is 2.38. The molecule has 0 spiro atoms. The van der Waals surface area contributed by atoms with Gasteiger partial charge in [0.25, 0.3) is 0 Å². The highest BCUT2D eigenvalue weighted by molar-refractivity contribution is 5.83. The van der Waals surface area contributed by atoms with E-state index >= 15 is 0 Å². The Bertz CT molecular complexity index is 618. The average molecular weight is 292 g/mol. The Hall–Kier alpha value is -2.49. The van der Waals surface area contributed by atoms with Gasteiger partial charge >= 0.3 is 11.7 Å². The molecule has 0 atom stereocenters. The summed E-state index contributed by atoms with van der Waals surface area (Å²) in [5.41, 5.74) is -1.80. The van der Waals surface area contributed by atoms with Gasteiger partial charge in [0.05, 0.1) is 11.0 Å². The summed E-state index contributed by atoms with van der Waals surface area (Å²) in [7, 11) is 0. The van der Waals surface area contributed by atoms with Gasteiger partial charge in [-0.25, -0.2) is 9.18 Å². The highest BCUT2D eigenvalue weighted by Gasteiger charge is 2.42. The molecule has 0 unspecified atom stereocenters. The molecule has 0 heterocycles. The maximum atomic E-state index is 13.2. The lowest BCUT2D eigenvalue weighted by Crippen LogP contribution is -2.35. The predicted octanol–water partition coefficient (Wildman–Crippen LogP) is 3.11. The first-order chi connectivity index (χ1) is 9.98. The quantitative estimate of drug-likeness (QED) is 0.369. The van der Waals surface area contributed by atoms with Crippen LogP contribution in [-0.4, -0.2) is 10.9 Å². The van der Waals surface area contributed by atoms with Crippen molar-refractivity contribution in [2.75, 3.05) is 0 Å². The summed E-state index contributed by atoms with van der Waals surface area (Å²) in [6.07, 6.45) is 3.07. The molecule has 1 aliphatic rings. The Labute approximate surface area is 120 Å². The maximum absolute atomic E-state index is 13.2. The summed E-state index contributed by atoms with van der Waals surface area (Å²) in [6, 6.07) is 4.59. The van der Waals surface area contributed by atoms with Crippen molar-refractivity contribution in [2.45, 2.75) is 32.1 Å². The summed E-state index contributed by atoms with van der Waals surface area (Å²) >= 11 is 0. The van der Waals surface area contributed by atoms with Crippen molar-refractivity contribution in [1.82, 2.24) is 0 Å². The van der Waals surface area contributed by atoms with Gasteiger partial charge in [-0.2, -0.15) is 5.26 Å². The molecular weight excluding hydrogens is 279 g/mol. The SMILES string of the molecule is N#CC1(C(=O)Oc2cc(F)ccc2[N+](=O)[O-])CCCCC1. The number of nitriles is 1. The monoisotopic (exact) mass is 292 g/mol. The molecule has 0 aromatic heterocycles. The summed E-state index contributed by atoms with van der Waals surface area (Å²) in [5.74, 6) is -2.07. The number of rotatable bonds is 3. The minimum Gasteiger partial charge on any atom is -0.418 e. The summed E-state index contributed by atoms with van der Waals surface area (Å²) in [4.78, 5) is 22.3. The van der Waals surface area contributed by atoms with Crippen molar-refractivity contribution in [3.8, 4) is 11.8 Å². The van der Waals surface area contributed by atoms with Crippen LogP contribution in [0.5, 0.6) is 5.75 Å². The molecule has 2 rings (SSSR count). The van der Waals surface area contributed by atoms with E-state index in [1.807, 2.05) is 6.07 Å². The zero-order valence-electron chi connectivity index (χ0n) is 11.2. The Morgan fingerprint density at radius 3 is 2.62 bits per heavy atom. The van der Waals surface area contributed by atoms with Gasteiger partial charge in [-0.1, -0.05) is 19.3 Å². The smallest absolute Gasteiger partial charge is 0.332 e. The van der Waals surface area contributed by atoms with Crippen molar-refractivity contribution in [3.63, 3.8) is 0 Å². The number of nitro groups is 1. The van der Waals surface area contributed by atoms with Crippen LogP contribution in [0.3, 0.4) is 0 Å². The number of ether oxygens (including phenoxy) is 1. The molecule has 1 fully saturated rings. The number of carbonyl (C=O) groups is 1. The van der Waals surface area contributed by atoms with Gasteiger partial charge in [-0.3, -0.25) is 10.1 Å². The largest absolute Gasteiger partial charge is 0.418 e. The molecule has 0 bridgehead atoms. The number of esters is 1. The fourth-order valence-electron chi connectivity index (χ4n) is 2.43. The second-order valence-electron chi connectivity index (χ2n) is 5.01. The Morgan fingerprint density at radius 1 is 1.38 bits per heavy atom. The van der Waals surface area contributed by atoms with Gasteiger partial charge in [0.15, 0.2) is 5.41 Å². The Balaban J connectivity index is 2.29. The Morgan fingerprint density at radius 2 is 2.05 bits per heavy atom. The lowest BCUT2D eigenvalue weighted by Gasteiger charge is -2.27. The first kappa shape index (κ1) is 14.9. The molecule has 1 saturated carbocycles. The first-order valence-electron chi connectivity index (χ1n) is 6.56. The molecule has 0 amide bonds. The van der Waals surface area contributed by atoms with Crippen LogP contribution in [0.1, 0.15) is 32.1 Å². The van der Waals surface area contributed by atoms with Crippen LogP contribution in [0, 0.1) is 32.7 Å². The molecule has 0 radical (unpaired) electrons. The number of hydrogen-bond acceptors (Lipinski definition) is 5. The molecule has 0 saturated heterocycles. The number of carbonyl (C=O) groups excluding carboxylic acids is 1. The number of halogens is 1. The van der Waals surface area contributed by atoms with Crippen LogP contribution in [-0.2, 0) is 4.79 Å². The molecule has 1 aliphatic carbocycles. The van der Waals surface area contributed by atoms with Gasteiger partial charge in [-0.15, -0.1) is 0 Å². The van der Waals surface area contributed by atoms with Crippen LogP contribution in [0.2, 0.25) is 0 Å². The minimum absolute atomic E-state index is 0.353. The van der Waals surface area contributed by atoms with E-state index in [2.05, 4.69) is 0 Å². The van der Waals surface area contributed by atoms with E-state index in [0.29, 0.717) is 25.7 Å². The second kappa shape index (κ2) is 5.87. The molecule has 7 heteroatoms. The zero-order valence-corrected chi connectivity index (χ0v) is 11.2. The van der Waals surface area contributed by atoms with E-state index in [9.17, 15) is 24.6 Å². The molecule has 0 N–H and O–H groups in total. The fourth-order valence-corrected chi connectivity index (χ4v) is 2.43. The van der Waals surface area contributed by atoms with Crippen molar-refractivity contribution in [1.29, 1.82) is 5.26 Å². The third kappa shape index (κ3) is 2.99. The van der Waals surface area contributed by atoms with Crippen molar-refractivity contribution < 1.29 is 18.8 Å². The number of nitro benzene ring substituents is 1. The first-order valence-corrected chi connectivity index (χ1v) is 6.56. The number of hydrogen-bond donors (Lipinski definition) is 0. The van der Waals surface area contributed by atoms with E-state index in [1.54, 1.807) is 0 Å². The topological polar surface area (TPSA) is 93.2 Å². The molecule has 1 aromatic carbocycles. The highest BCUT2D eigenvalue weighted by atomic mass is 19.1.